The number of nitrogens with one attached hydrogen (secondary N) is 1. The number of nitrogens with two attached hydrogens (primary N) is 1. The zero-order valence-electron chi connectivity index (χ0n) is 10.8. The molecule has 0 aliphatic heterocycles. The lowest BCUT2D eigenvalue weighted by molar-refractivity contribution is 0.0696. The van der Waals surface area contributed by atoms with Crippen LogP contribution in [-0.2, 0) is 13.6 Å². The molecule has 1 heterocycles. The molecule has 0 radical (unpaired) electrons. The van der Waals surface area contributed by atoms with Gasteiger partial charge in [-0.15, -0.1) is 0 Å². The number of rotatable bonds is 4. The van der Waals surface area contributed by atoms with Crippen LogP contribution >= 0.6 is 0 Å². The quantitative estimate of drug-likeness (QED) is 0.757. The van der Waals surface area contributed by atoms with E-state index in [4.69, 9.17) is 10.8 Å². The maximum atomic E-state index is 11.9. The number of hydrogen-bond donors (Lipinski definition) is 3. The molecule has 0 saturated heterocycles. The zero-order chi connectivity index (χ0) is 14.7. The average molecular weight is 274 g/mol. The molecule has 0 bridgehead atoms. The van der Waals surface area contributed by atoms with E-state index < -0.39 is 5.97 Å². The van der Waals surface area contributed by atoms with Crippen LogP contribution in [0.4, 0.5) is 5.82 Å². The summed E-state index contributed by atoms with van der Waals surface area (Å²) in [5.41, 5.74) is 7.02. The van der Waals surface area contributed by atoms with Crippen LogP contribution in [0, 0.1) is 0 Å². The van der Waals surface area contributed by atoms with Crippen LogP contribution in [0.2, 0.25) is 0 Å². The SMILES string of the molecule is Cn1ncc(C(=O)NCc2ccc(C(=O)O)cc2)c1N. The third-order valence-electron chi connectivity index (χ3n) is 2.88. The molecule has 0 spiro atoms. The van der Waals surface area contributed by atoms with Crippen LogP contribution in [0.3, 0.4) is 0 Å². The summed E-state index contributed by atoms with van der Waals surface area (Å²) in [6, 6.07) is 6.27. The van der Waals surface area contributed by atoms with Crippen molar-refractivity contribution in [1.82, 2.24) is 15.1 Å². The number of anilines is 1. The van der Waals surface area contributed by atoms with Gasteiger partial charge in [0.15, 0.2) is 0 Å². The number of nitrogen functional groups attached to an aromatic ring is 1. The van der Waals surface area contributed by atoms with Crippen LogP contribution in [-0.4, -0.2) is 26.8 Å². The van der Waals surface area contributed by atoms with Crippen molar-refractivity contribution in [1.29, 1.82) is 0 Å². The number of hydrogen-bond acceptors (Lipinski definition) is 4. The Labute approximate surface area is 115 Å². The molecular weight excluding hydrogens is 260 g/mol. The predicted octanol–water partition coefficient (Wildman–Crippen LogP) is 0.631. The molecule has 0 atom stereocenters. The molecule has 2 aromatic rings. The van der Waals surface area contributed by atoms with Gasteiger partial charge in [0.2, 0.25) is 0 Å². The Morgan fingerprint density at radius 3 is 2.50 bits per heavy atom. The lowest BCUT2D eigenvalue weighted by Gasteiger charge is -2.05. The van der Waals surface area contributed by atoms with Gasteiger partial charge in [0.05, 0.1) is 11.8 Å². The number of nitrogens with zero attached hydrogens (tertiary/aromatic N) is 2. The number of benzene rings is 1. The Balaban J connectivity index is 2.00. The Kier molecular flexibility index (Phi) is 3.69. The largest absolute Gasteiger partial charge is 0.478 e. The first-order valence-corrected chi connectivity index (χ1v) is 5.87. The summed E-state index contributed by atoms with van der Waals surface area (Å²) in [5.74, 6) is -1.01. The first kappa shape index (κ1) is 13.6. The smallest absolute Gasteiger partial charge is 0.335 e. The van der Waals surface area contributed by atoms with Crippen LogP contribution in [0.25, 0.3) is 0 Å². The third kappa shape index (κ3) is 2.77. The Bertz CT molecular complexity index is 646. The van der Waals surface area contributed by atoms with Crippen molar-refractivity contribution in [2.24, 2.45) is 7.05 Å². The lowest BCUT2D eigenvalue weighted by Crippen LogP contribution is -2.23. The van der Waals surface area contributed by atoms with Crippen molar-refractivity contribution < 1.29 is 14.7 Å². The van der Waals surface area contributed by atoms with Gasteiger partial charge in [-0.05, 0) is 17.7 Å². The van der Waals surface area contributed by atoms with E-state index in [1.54, 1.807) is 19.2 Å². The first-order valence-electron chi connectivity index (χ1n) is 5.87. The minimum atomic E-state index is -0.983. The Morgan fingerprint density at radius 1 is 1.35 bits per heavy atom. The molecule has 20 heavy (non-hydrogen) atoms. The number of aromatic carboxylic acids is 1. The molecule has 7 heteroatoms. The molecule has 104 valence electrons. The van der Waals surface area contributed by atoms with E-state index in [1.165, 1.54) is 23.0 Å². The molecule has 7 nitrogen and oxygen atoms in total. The number of carboxylic acids is 1. The van der Waals surface area contributed by atoms with Gasteiger partial charge in [0.1, 0.15) is 11.4 Å². The average Bonchev–Trinajstić information content (AvgIpc) is 2.77. The molecule has 0 saturated carbocycles. The van der Waals surface area contributed by atoms with Crippen LogP contribution in [0.1, 0.15) is 26.3 Å². The maximum Gasteiger partial charge on any atom is 0.335 e. The van der Waals surface area contributed by atoms with Crippen LogP contribution in [0.5, 0.6) is 0 Å². The molecule has 1 amide bonds. The van der Waals surface area contributed by atoms with Crippen molar-refractivity contribution in [3.63, 3.8) is 0 Å². The molecule has 2 rings (SSSR count). The highest BCUT2D eigenvalue weighted by atomic mass is 16.4. The fourth-order valence-electron chi connectivity index (χ4n) is 1.66. The van der Waals surface area contributed by atoms with Crippen molar-refractivity contribution in [2.45, 2.75) is 6.54 Å². The molecule has 0 unspecified atom stereocenters. The summed E-state index contributed by atoms with van der Waals surface area (Å²) in [7, 11) is 1.65. The monoisotopic (exact) mass is 274 g/mol. The van der Waals surface area contributed by atoms with Crippen molar-refractivity contribution in [3.8, 4) is 0 Å². The van der Waals surface area contributed by atoms with Crippen LogP contribution in [0.15, 0.2) is 30.5 Å². The molecule has 0 aliphatic carbocycles. The number of carbonyl (C=O) groups excluding carboxylic acids is 1. The summed E-state index contributed by atoms with van der Waals surface area (Å²) in [6.45, 7) is 0.285. The second-order valence-electron chi connectivity index (χ2n) is 4.25. The number of aromatic nitrogens is 2. The number of carbonyl (C=O) groups is 2. The fraction of sp³-hybridized carbons (Fsp3) is 0.154. The van der Waals surface area contributed by atoms with Gasteiger partial charge in [0, 0.05) is 13.6 Å². The number of amides is 1. The van der Waals surface area contributed by atoms with E-state index in [-0.39, 0.29) is 18.0 Å². The number of aryl methyl sites for hydroxylation is 1. The minimum absolute atomic E-state index is 0.205. The molecule has 1 aromatic heterocycles. The van der Waals surface area contributed by atoms with Gasteiger partial charge in [-0.2, -0.15) is 5.10 Å². The fourth-order valence-corrected chi connectivity index (χ4v) is 1.66. The summed E-state index contributed by atoms with van der Waals surface area (Å²) < 4.78 is 1.41. The second-order valence-corrected chi connectivity index (χ2v) is 4.25. The van der Waals surface area contributed by atoms with E-state index in [0.717, 1.165) is 5.56 Å². The summed E-state index contributed by atoms with van der Waals surface area (Å²) in [4.78, 5) is 22.6. The van der Waals surface area contributed by atoms with Gasteiger partial charge in [0.25, 0.3) is 5.91 Å². The van der Waals surface area contributed by atoms with Crippen molar-refractivity contribution >= 4 is 17.7 Å². The van der Waals surface area contributed by atoms with Gasteiger partial charge in [-0.1, -0.05) is 12.1 Å². The van der Waals surface area contributed by atoms with Crippen molar-refractivity contribution in [3.05, 3.63) is 47.2 Å². The lowest BCUT2D eigenvalue weighted by atomic mass is 10.1. The maximum absolute atomic E-state index is 11.9. The molecule has 4 N–H and O–H groups in total. The first-order chi connectivity index (χ1) is 9.49. The summed E-state index contributed by atoms with van der Waals surface area (Å²) in [6.07, 6.45) is 1.40. The van der Waals surface area contributed by atoms with E-state index in [1.807, 2.05) is 0 Å². The van der Waals surface area contributed by atoms with Gasteiger partial charge in [-0.25, -0.2) is 4.79 Å². The highest BCUT2D eigenvalue weighted by Gasteiger charge is 2.13. The van der Waals surface area contributed by atoms with E-state index in [2.05, 4.69) is 10.4 Å². The highest BCUT2D eigenvalue weighted by molar-refractivity contribution is 5.98. The second kappa shape index (κ2) is 5.43. The van der Waals surface area contributed by atoms with Gasteiger partial charge in [-0.3, -0.25) is 9.48 Å². The van der Waals surface area contributed by atoms with Crippen LogP contribution < -0.4 is 11.1 Å². The highest BCUT2D eigenvalue weighted by Crippen LogP contribution is 2.09. The summed E-state index contributed by atoms with van der Waals surface area (Å²) >= 11 is 0. The third-order valence-corrected chi connectivity index (χ3v) is 2.88. The summed E-state index contributed by atoms with van der Waals surface area (Å²) in [5, 5.41) is 15.4. The van der Waals surface area contributed by atoms with Gasteiger partial charge < -0.3 is 16.2 Å². The molecule has 0 fully saturated rings. The molecule has 1 aromatic carbocycles. The normalized spacial score (nSPS) is 10.2. The van der Waals surface area contributed by atoms with Gasteiger partial charge >= 0.3 is 5.97 Å². The van der Waals surface area contributed by atoms with Crippen molar-refractivity contribution in [2.75, 3.05) is 5.73 Å². The van der Waals surface area contributed by atoms with E-state index in [0.29, 0.717) is 11.4 Å². The van der Waals surface area contributed by atoms with E-state index in [9.17, 15) is 9.59 Å². The Hall–Kier alpha value is -2.83. The molecular formula is C13H14N4O3. The van der Waals surface area contributed by atoms with E-state index >= 15 is 0 Å². The zero-order valence-corrected chi connectivity index (χ0v) is 10.8. The standard InChI is InChI=1S/C13H14N4O3/c1-17-11(14)10(7-16-17)12(18)15-6-8-2-4-9(5-3-8)13(19)20/h2-5,7H,6,14H2,1H3,(H,15,18)(H,19,20). The topological polar surface area (TPSA) is 110 Å². The molecule has 0 aliphatic rings. The Morgan fingerprint density at radius 2 is 2.00 bits per heavy atom. The predicted molar refractivity (Wildman–Crippen MR) is 72.2 cm³/mol. The minimum Gasteiger partial charge on any atom is -0.478 e. The number of carboxylic acid groups (broad SMARTS) is 1.